The summed E-state index contributed by atoms with van der Waals surface area (Å²) < 4.78 is 29.4. The number of benzene rings is 3. The lowest BCUT2D eigenvalue weighted by atomic mass is 9.49. The van der Waals surface area contributed by atoms with Crippen LogP contribution in [0, 0.1) is 45.7 Å². The number of halogens is 2. The molecule has 2 unspecified atom stereocenters. The molecule has 1 aliphatic carbocycles. The molecule has 6 aliphatic rings. The normalized spacial score (nSPS) is 27.9. The topological polar surface area (TPSA) is 158 Å². The van der Waals surface area contributed by atoms with Crippen molar-refractivity contribution in [3.63, 3.8) is 0 Å². The number of aliphatic hydroxyl groups is 1. The number of hydrogen-bond donors (Lipinski definition) is 5. The van der Waals surface area contributed by atoms with Crippen LogP contribution in [0.5, 0.6) is 17.2 Å². The van der Waals surface area contributed by atoms with Gasteiger partial charge in [-0.1, -0.05) is 51.4 Å². The fraction of sp³-hybridized carbons (Fsp3) is 0.566. The van der Waals surface area contributed by atoms with Crippen LogP contribution in [0.1, 0.15) is 78.5 Å². The zero-order chi connectivity index (χ0) is 49.4. The van der Waals surface area contributed by atoms with E-state index in [9.17, 15) is 20.0 Å². The minimum Gasteiger partial charge on any atom is -0.489 e. The van der Waals surface area contributed by atoms with Gasteiger partial charge >= 0.3 is 0 Å². The van der Waals surface area contributed by atoms with Crippen LogP contribution in [0.2, 0.25) is 5.02 Å². The Kier molecular flexibility index (Phi) is 13.1. The van der Waals surface area contributed by atoms with Crippen molar-refractivity contribution < 1.29 is 28.6 Å². The van der Waals surface area contributed by atoms with Crippen molar-refractivity contribution in [3.8, 4) is 23.3 Å². The molecule has 69 heavy (non-hydrogen) atoms. The molecule has 0 aromatic heterocycles. The molecule has 4 saturated heterocycles. The van der Waals surface area contributed by atoms with Gasteiger partial charge in [0.2, 0.25) is 11.8 Å². The van der Waals surface area contributed by atoms with Gasteiger partial charge in [-0.15, -0.1) is 0 Å². The van der Waals surface area contributed by atoms with Gasteiger partial charge in [-0.25, -0.2) is 4.39 Å². The average molecular weight is 967 g/mol. The third-order valence-electron chi connectivity index (χ3n) is 15.9. The third kappa shape index (κ3) is 9.34. The Morgan fingerprint density at radius 3 is 2.39 bits per heavy atom. The van der Waals surface area contributed by atoms with Gasteiger partial charge in [-0.3, -0.25) is 30.0 Å². The summed E-state index contributed by atoms with van der Waals surface area (Å²) in [6, 6.07) is 17.6. The smallest absolute Gasteiger partial charge is 0.244 e. The molecule has 3 aromatic carbocycles. The number of nitrogens with zero attached hydrogens (tertiary/aromatic N) is 5. The maximum absolute atomic E-state index is 16.5. The van der Waals surface area contributed by atoms with Crippen LogP contribution >= 0.6 is 11.6 Å². The van der Waals surface area contributed by atoms with Gasteiger partial charge in [0.15, 0.2) is 11.6 Å². The number of piperazine rings is 1. The number of nitriles is 1. The van der Waals surface area contributed by atoms with Gasteiger partial charge in [0.05, 0.1) is 33.8 Å². The Balaban J connectivity index is 0.766. The highest BCUT2D eigenvalue weighted by molar-refractivity contribution is 6.31. The fourth-order valence-electron chi connectivity index (χ4n) is 12.3. The first-order valence-corrected chi connectivity index (χ1v) is 24.9. The van der Waals surface area contributed by atoms with E-state index in [1.807, 2.05) is 30.5 Å². The second kappa shape index (κ2) is 18.4. The zero-order valence-corrected chi connectivity index (χ0v) is 42.2. The SMILES string of the molecule is CN1C=C(c2cc(C(C)(C)O)ccc2Oc2cccc(N3CC(CN4CCN(C5NCC(C(=O)NC6C(C)(C)C(Oc7ccc(C#N)c(Cl)c7)C6(C)C)CN5)CC4(C)C)C3)c2F)C2CCNC2C1=O. The lowest BCUT2D eigenvalue weighted by Gasteiger charge is -2.63. The van der Waals surface area contributed by atoms with Gasteiger partial charge in [-0.2, -0.15) is 5.26 Å². The number of likely N-dealkylation sites (N-methyl/N-ethyl adjacent to an activating group) is 1. The quantitative estimate of drug-likeness (QED) is 0.143. The van der Waals surface area contributed by atoms with E-state index in [0.29, 0.717) is 58.9 Å². The predicted molar refractivity (Wildman–Crippen MR) is 265 cm³/mol. The van der Waals surface area contributed by atoms with Gasteiger partial charge < -0.3 is 35.0 Å². The minimum atomic E-state index is -1.11. The number of fused-ring (bicyclic) bond motifs is 1. The third-order valence-corrected chi connectivity index (χ3v) is 16.2. The van der Waals surface area contributed by atoms with E-state index in [1.165, 1.54) is 0 Å². The van der Waals surface area contributed by atoms with E-state index in [1.54, 1.807) is 56.1 Å². The number of carbonyl (C=O) groups is 2. The Morgan fingerprint density at radius 2 is 1.72 bits per heavy atom. The van der Waals surface area contributed by atoms with Crippen molar-refractivity contribution in [2.45, 2.75) is 97.4 Å². The van der Waals surface area contributed by atoms with Crippen molar-refractivity contribution in [3.05, 3.63) is 88.3 Å². The van der Waals surface area contributed by atoms with Crippen LogP contribution in [-0.4, -0.2) is 128 Å². The van der Waals surface area contributed by atoms with E-state index in [-0.39, 0.29) is 70.2 Å². The predicted octanol–water partition coefficient (Wildman–Crippen LogP) is 6.08. The van der Waals surface area contributed by atoms with Gasteiger partial charge in [-0.05, 0) is 88.2 Å². The molecule has 0 radical (unpaired) electrons. The molecule has 2 amide bonds. The first-order valence-electron chi connectivity index (χ1n) is 24.5. The van der Waals surface area contributed by atoms with E-state index in [2.05, 4.69) is 83.6 Å². The summed E-state index contributed by atoms with van der Waals surface area (Å²) in [5.41, 5.74) is 1.36. The summed E-state index contributed by atoms with van der Waals surface area (Å²) in [6.45, 7) is 23.3. The van der Waals surface area contributed by atoms with E-state index < -0.39 is 11.4 Å². The molecule has 5 aliphatic heterocycles. The van der Waals surface area contributed by atoms with Gasteiger partial charge in [0, 0.05) is 111 Å². The zero-order valence-electron chi connectivity index (χ0n) is 41.5. The Morgan fingerprint density at radius 1 is 1.00 bits per heavy atom. The Hall–Kier alpha value is -4.79. The average Bonchev–Trinajstić information content (AvgIpc) is 3.78. The maximum Gasteiger partial charge on any atom is 0.244 e. The number of amides is 2. The molecule has 0 spiro atoms. The van der Waals surface area contributed by atoms with Crippen molar-refractivity contribution in [1.82, 2.24) is 36.0 Å². The molecule has 5 heterocycles. The second-order valence-electron chi connectivity index (χ2n) is 22.6. The van der Waals surface area contributed by atoms with Crippen LogP contribution < -0.4 is 35.6 Å². The molecule has 9 rings (SSSR count). The fourth-order valence-corrected chi connectivity index (χ4v) is 12.5. The molecule has 14 nitrogen and oxygen atoms in total. The van der Waals surface area contributed by atoms with Gasteiger partial charge in [0.1, 0.15) is 30.0 Å². The molecule has 370 valence electrons. The maximum atomic E-state index is 16.5. The van der Waals surface area contributed by atoms with Crippen molar-refractivity contribution >= 4 is 34.7 Å². The van der Waals surface area contributed by atoms with E-state index >= 15 is 4.39 Å². The summed E-state index contributed by atoms with van der Waals surface area (Å²) in [6.07, 6.45) is 2.42. The molecule has 0 bridgehead atoms. The summed E-state index contributed by atoms with van der Waals surface area (Å²) in [4.78, 5) is 35.4. The van der Waals surface area contributed by atoms with Crippen molar-refractivity contribution in [2.75, 3.05) is 70.9 Å². The summed E-state index contributed by atoms with van der Waals surface area (Å²) in [5.74, 6) is 0.900. The number of ether oxygens (including phenoxy) is 2. The van der Waals surface area contributed by atoms with Crippen LogP contribution in [0.3, 0.4) is 0 Å². The number of rotatable bonds is 12. The molecule has 16 heteroatoms. The number of hydrogen-bond acceptors (Lipinski definition) is 12. The first kappa shape index (κ1) is 49.2. The van der Waals surface area contributed by atoms with E-state index in [4.69, 9.17) is 21.1 Å². The Bertz CT molecular complexity index is 2530. The Labute approximate surface area is 411 Å². The molecule has 5 fully saturated rings. The molecule has 1 saturated carbocycles. The van der Waals surface area contributed by atoms with Crippen LogP contribution in [-0.2, 0) is 15.2 Å². The van der Waals surface area contributed by atoms with E-state index in [0.717, 1.165) is 56.8 Å². The number of nitrogens with one attached hydrogen (secondary N) is 4. The molecular formula is C53H69ClFN9O5. The second-order valence-corrected chi connectivity index (χ2v) is 23.0. The summed E-state index contributed by atoms with van der Waals surface area (Å²) >= 11 is 6.29. The first-order chi connectivity index (χ1) is 32.6. The molecular weight excluding hydrogens is 897 g/mol. The summed E-state index contributed by atoms with van der Waals surface area (Å²) in [7, 11) is 1.75. The highest BCUT2D eigenvalue weighted by atomic mass is 35.5. The summed E-state index contributed by atoms with van der Waals surface area (Å²) in [5, 5.41) is 34.5. The molecule has 2 atom stereocenters. The lowest BCUT2D eigenvalue weighted by Crippen LogP contribution is -2.75. The lowest BCUT2D eigenvalue weighted by molar-refractivity contribution is -0.175. The number of carbonyl (C=O) groups excluding carboxylic acids is 2. The number of anilines is 1. The van der Waals surface area contributed by atoms with Crippen molar-refractivity contribution in [2.24, 2.45) is 28.6 Å². The minimum absolute atomic E-state index is 0.0157. The molecule has 5 N–H and O–H groups in total. The largest absolute Gasteiger partial charge is 0.489 e. The molecule has 3 aromatic rings. The highest BCUT2D eigenvalue weighted by Crippen LogP contribution is 2.56. The highest BCUT2D eigenvalue weighted by Gasteiger charge is 2.64. The van der Waals surface area contributed by atoms with Crippen LogP contribution in [0.25, 0.3) is 5.57 Å². The van der Waals surface area contributed by atoms with Crippen LogP contribution in [0.4, 0.5) is 10.1 Å². The standard InChI is InChI=1S/C53H69ClFN9O5/c1-50(2)30-62(49-58-24-33(25-59-49)45(65)60-47-51(3,4)48(52(47,5)6)68-35-15-13-32(23-56)39(54)22-35)19-20-64(50)28-31-26-63(27-31)40-11-10-12-42(43(40)55)69-41-16-14-34(53(7,8)67)21-37(41)38-29-61(9)46(66)44-36(38)17-18-57-44/h10-16,21-22,29,31,33,36,44,47-49,57-59,67H,17-20,24-28,30H2,1-9H3,(H,60,65). The van der Waals surface area contributed by atoms with Crippen molar-refractivity contribution in [1.29, 1.82) is 5.26 Å². The van der Waals surface area contributed by atoms with Gasteiger partial charge in [0.25, 0.3) is 0 Å². The van der Waals surface area contributed by atoms with Crippen LogP contribution in [0.15, 0.2) is 60.8 Å². The monoisotopic (exact) mass is 966 g/mol.